The van der Waals surface area contributed by atoms with Crippen molar-refractivity contribution in [3.05, 3.63) is 24.4 Å². The smallest absolute Gasteiger partial charge is 0.252 e. The number of carbonyl (C=O) groups is 1. The molecule has 1 fully saturated rings. The van der Waals surface area contributed by atoms with E-state index in [0.717, 1.165) is 13.1 Å². The molecule has 6 nitrogen and oxygen atoms in total. The molecule has 0 spiro atoms. The molecule has 2 rings (SSSR count). The predicted molar refractivity (Wildman–Crippen MR) is 74.5 cm³/mol. The van der Waals surface area contributed by atoms with Crippen LogP contribution in [0.4, 0.5) is 5.82 Å². The quantitative estimate of drug-likeness (QED) is 0.677. The van der Waals surface area contributed by atoms with Gasteiger partial charge in [-0.15, -0.1) is 0 Å². The van der Waals surface area contributed by atoms with E-state index in [1.165, 1.54) is 0 Å². The summed E-state index contributed by atoms with van der Waals surface area (Å²) in [4.78, 5) is 18.1. The molecular weight excluding hydrogens is 242 g/mol. The van der Waals surface area contributed by atoms with E-state index in [2.05, 4.69) is 39.9 Å². The van der Waals surface area contributed by atoms with Crippen LogP contribution in [0.15, 0.2) is 24.4 Å². The van der Waals surface area contributed by atoms with Gasteiger partial charge in [-0.2, -0.15) is 0 Å². The summed E-state index contributed by atoms with van der Waals surface area (Å²) >= 11 is 0. The number of pyridine rings is 1. The van der Waals surface area contributed by atoms with Gasteiger partial charge in [0.1, 0.15) is 5.82 Å². The fourth-order valence-electron chi connectivity index (χ4n) is 2.38. The molecule has 1 aliphatic heterocycles. The minimum absolute atomic E-state index is 0.0491. The summed E-state index contributed by atoms with van der Waals surface area (Å²) in [5.41, 5.74) is 5.47. The number of aromatic nitrogens is 1. The van der Waals surface area contributed by atoms with Crippen molar-refractivity contribution in [3.8, 4) is 0 Å². The monoisotopic (exact) mass is 263 g/mol. The molecule has 6 heteroatoms. The average molecular weight is 263 g/mol. The molecule has 0 aliphatic carbocycles. The number of nitrogens with zero attached hydrogens (tertiary/aromatic N) is 2. The first-order valence-corrected chi connectivity index (χ1v) is 6.58. The first kappa shape index (κ1) is 13.8. The van der Waals surface area contributed by atoms with Crippen molar-refractivity contribution in [2.24, 2.45) is 0 Å². The van der Waals surface area contributed by atoms with E-state index in [1.807, 2.05) is 12.1 Å². The molecule has 2 unspecified atom stereocenters. The highest BCUT2D eigenvalue weighted by atomic mass is 16.2. The van der Waals surface area contributed by atoms with E-state index in [9.17, 15) is 4.79 Å². The molecule has 19 heavy (non-hydrogen) atoms. The first-order valence-electron chi connectivity index (χ1n) is 6.58. The Morgan fingerprint density at radius 2 is 2.16 bits per heavy atom. The standard InChI is InChI=1S/C13H21N5O/c1-10-7-18(8-11(2)15-10)9-13(19)17-16-12-5-3-4-6-14-12/h3-6,10-11,15H,7-9H2,1-2H3,(H,14,16)(H,17,19). The SMILES string of the molecule is CC1CN(CC(=O)NNc2ccccn2)CC(C)N1. The maximum Gasteiger partial charge on any atom is 0.252 e. The Labute approximate surface area is 113 Å². The largest absolute Gasteiger partial charge is 0.309 e. The van der Waals surface area contributed by atoms with E-state index >= 15 is 0 Å². The zero-order valence-corrected chi connectivity index (χ0v) is 11.4. The summed E-state index contributed by atoms with van der Waals surface area (Å²) in [6, 6.07) is 6.33. The van der Waals surface area contributed by atoms with Crippen molar-refractivity contribution < 1.29 is 4.79 Å². The number of piperazine rings is 1. The molecular formula is C13H21N5O. The Balaban J connectivity index is 1.75. The number of hydrogen-bond donors (Lipinski definition) is 3. The fourth-order valence-corrected chi connectivity index (χ4v) is 2.38. The summed E-state index contributed by atoms with van der Waals surface area (Å²) in [5, 5.41) is 3.44. The van der Waals surface area contributed by atoms with Crippen LogP contribution in [-0.2, 0) is 4.79 Å². The highest BCUT2D eigenvalue weighted by Crippen LogP contribution is 2.03. The number of carbonyl (C=O) groups excluding carboxylic acids is 1. The molecule has 1 aliphatic rings. The van der Waals surface area contributed by atoms with Crippen molar-refractivity contribution >= 4 is 11.7 Å². The van der Waals surface area contributed by atoms with Gasteiger partial charge in [0.05, 0.1) is 6.54 Å². The van der Waals surface area contributed by atoms with Gasteiger partial charge in [-0.25, -0.2) is 4.98 Å². The van der Waals surface area contributed by atoms with E-state index in [4.69, 9.17) is 0 Å². The molecule has 0 aromatic carbocycles. The topological polar surface area (TPSA) is 69.3 Å². The second kappa shape index (κ2) is 6.49. The summed E-state index contributed by atoms with van der Waals surface area (Å²) in [6.45, 7) is 6.44. The van der Waals surface area contributed by atoms with E-state index in [-0.39, 0.29) is 5.91 Å². The second-order valence-electron chi connectivity index (χ2n) is 5.05. The summed E-state index contributed by atoms with van der Waals surface area (Å²) < 4.78 is 0. The van der Waals surface area contributed by atoms with Crippen LogP contribution < -0.4 is 16.2 Å². The number of rotatable bonds is 4. The van der Waals surface area contributed by atoms with Crippen molar-refractivity contribution in [1.29, 1.82) is 0 Å². The van der Waals surface area contributed by atoms with E-state index in [1.54, 1.807) is 12.3 Å². The molecule has 2 heterocycles. The maximum absolute atomic E-state index is 11.8. The number of hydrogen-bond acceptors (Lipinski definition) is 5. The molecule has 2 atom stereocenters. The maximum atomic E-state index is 11.8. The van der Waals surface area contributed by atoms with Gasteiger partial charge in [-0.05, 0) is 26.0 Å². The van der Waals surface area contributed by atoms with Gasteiger partial charge in [0.15, 0.2) is 0 Å². The average Bonchev–Trinajstić information content (AvgIpc) is 2.36. The number of amides is 1. The molecule has 0 saturated carbocycles. The van der Waals surface area contributed by atoms with Gasteiger partial charge in [0, 0.05) is 31.4 Å². The van der Waals surface area contributed by atoms with Crippen molar-refractivity contribution in [1.82, 2.24) is 20.6 Å². The lowest BCUT2D eigenvalue weighted by atomic mass is 10.1. The van der Waals surface area contributed by atoms with Crippen LogP contribution in [-0.4, -0.2) is 47.5 Å². The Bertz CT molecular complexity index is 401. The van der Waals surface area contributed by atoms with Crippen LogP contribution in [0, 0.1) is 0 Å². The van der Waals surface area contributed by atoms with E-state index < -0.39 is 0 Å². The summed E-state index contributed by atoms with van der Waals surface area (Å²) in [5.74, 6) is 0.588. The third kappa shape index (κ3) is 4.50. The molecule has 1 amide bonds. The summed E-state index contributed by atoms with van der Waals surface area (Å²) in [7, 11) is 0. The van der Waals surface area contributed by atoms with Gasteiger partial charge >= 0.3 is 0 Å². The summed E-state index contributed by atoms with van der Waals surface area (Å²) in [6.07, 6.45) is 1.67. The van der Waals surface area contributed by atoms with Gasteiger partial charge in [-0.1, -0.05) is 6.07 Å². The highest BCUT2D eigenvalue weighted by Gasteiger charge is 2.22. The predicted octanol–water partition coefficient (Wildman–Crippen LogP) is 0.207. The lowest BCUT2D eigenvalue weighted by Gasteiger charge is -2.35. The van der Waals surface area contributed by atoms with Crippen LogP contribution in [0.3, 0.4) is 0 Å². The Morgan fingerprint density at radius 3 is 2.79 bits per heavy atom. The van der Waals surface area contributed by atoms with Gasteiger partial charge in [-0.3, -0.25) is 20.5 Å². The molecule has 3 N–H and O–H groups in total. The lowest BCUT2D eigenvalue weighted by molar-refractivity contribution is -0.122. The zero-order chi connectivity index (χ0) is 13.7. The molecule has 1 aromatic heterocycles. The van der Waals surface area contributed by atoms with Crippen LogP contribution in [0.2, 0.25) is 0 Å². The molecule has 1 saturated heterocycles. The van der Waals surface area contributed by atoms with E-state index in [0.29, 0.717) is 24.4 Å². The van der Waals surface area contributed by atoms with Crippen LogP contribution in [0.25, 0.3) is 0 Å². The third-order valence-corrected chi connectivity index (χ3v) is 3.00. The van der Waals surface area contributed by atoms with Crippen LogP contribution >= 0.6 is 0 Å². The Morgan fingerprint density at radius 1 is 1.42 bits per heavy atom. The minimum Gasteiger partial charge on any atom is -0.309 e. The normalized spacial score (nSPS) is 23.9. The zero-order valence-electron chi connectivity index (χ0n) is 11.4. The van der Waals surface area contributed by atoms with Gasteiger partial charge in [0.25, 0.3) is 5.91 Å². The number of nitrogens with one attached hydrogen (secondary N) is 3. The van der Waals surface area contributed by atoms with Crippen LogP contribution in [0.5, 0.6) is 0 Å². The number of hydrazine groups is 1. The third-order valence-electron chi connectivity index (χ3n) is 3.00. The fraction of sp³-hybridized carbons (Fsp3) is 0.538. The molecule has 1 aromatic rings. The molecule has 0 bridgehead atoms. The van der Waals surface area contributed by atoms with Gasteiger partial charge in [0.2, 0.25) is 0 Å². The van der Waals surface area contributed by atoms with Gasteiger partial charge < -0.3 is 5.32 Å². The molecule has 0 radical (unpaired) electrons. The lowest BCUT2D eigenvalue weighted by Crippen LogP contribution is -2.56. The number of anilines is 1. The van der Waals surface area contributed by atoms with Crippen molar-refractivity contribution in [2.45, 2.75) is 25.9 Å². The second-order valence-corrected chi connectivity index (χ2v) is 5.05. The first-order chi connectivity index (χ1) is 9.13. The highest BCUT2D eigenvalue weighted by molar-refractivity contribution is 5.79. The van der Waals surface area contributed by atoms with Crippen molar-refractivity contribution in [3.63, 3.8) is 0 Å². The Kier molecular flexibility index (Phi) is 4.70. The Hall–Kier alpha value is -1.66. The molecule has 104 valence electrons. The minimum atomic E-state index is -0.0491. The van der Waals surface area contributed by atoms with Crippen molar-refractivity contribution in [2.75, 3.05) is 25.1 Å². The van der Waals surface area contributed by atoms with Crippen LogP contribution in [0.1, 0.15) is 13.8 Å².